The van der Waals surface area contributed by atoms with Gasteiger partial charge in [0.25, 0.3) is 0 Å². The number of carbonyl (C=O) groups excluding carboxylic acids is 1. The van der Waals surface area contributed by atoms with Crippen LogP contribution in [0.25, 0.3) is 0 Å². The molecule has 2 heterocycles. The number of rotatable bonds is 5. The summed E-state index contributed by atoms with van der Waals surface area (Å²) in [4.78, 5) is 16.5. The molecule has 0 aromatic heterocycles. The number of hydrogen-bond acceptors (Lipinski definition) is 3. The number of carbonyl (C=O) groups is 1. The molecule has 2 unspecified atom stereocenters. The van der Waals surface area contributed by atoms with Crippen molar-refractivity contribution in [3.8, 4) is 0 Å². The first-order valence-corrected chi connectivity index (χ1v) is 7.81. The summed E-state index contributed by atoms with van der Waals surface area (Å²) < 4.78 is 0. The lowest BCUT2D eigenvalue weighted by atomic mass is 10.0. The smallest absolute Gasteiger partial charge is 0.223 e. The summed E-state index contributed by atoms with van der Waals surface area (Å²) in [5.41, 5.74) is 0. The van der Waals surface area contributed by atoms with Crippen LogP contribution >= 0.6 is 0 Å². The minimum Gasteiger partial charge on any atom is -0.346 e. The molecule has 0 radical (unpaired) electrons. The van der Waals surface area contributed by atoms with Crippen molar-refractivity contribution in [2.24, 2.45) is 5.92 Å². The molecule has 19 heavy (non-hydrogen) atoms. The highest BCUT2D eigenvalue weighted by Gasteiger charge is 2.22. The van der Waals surface area contributed by atoms with E-state index in [9.17, 15) is 4.79 Å². The topological polar surface area (TPSA) is 35.6 Å². The fourth-order valence-electron chi connectivity index (χ4n) is 3.23. The van der Waals surface area contributed by atoms with Crippen LogP contribution in [0.5, 0.6) is 0 Å². The Kier molecular flexibility index (Phi) is 5.64. The maximum absolute atomic E-state index is 12.2. The van der Waals surface area contributed by atoms with Crippen molar-refractivity contribution < 1.29 is 4.79 Å². The molecular formula is C15H29N3O. The zero-order valence-corrected chi connectivity index (χ0v) is 12.5. The van der Waals surface area contributed by atoms with Gasteiger partial charge >= 0.3 is 0 Å². The standard InChI is InChI=1S/C15H29N3O/c1-17-9-6-13(12-17)7-10-18(2)15(19)11-14-5-3-4-8-16-14/h13-14,16H,3-12H2,1-2H3. The Labute approximate surface area is 117 Å². The fourth-order valence-corrected chi connectivity index (χ4v) is 3.23. The van der Waals surface area contributed by atoms with E-state index >= 15 is 0 Å². The zero-order valence-electron chi connectivity index (χ0n) is 12.5. The van der Waals surface area contributed by atoms with E-state index in [2.05, 4.69) is 17.3 Å². The molecule has 2 atom stereocenters. The summed E-state index contributed by atoms with van der Waals surface area (Å²) in [5, 5.41) is 3.45. The maximum Gasteiger partial charge on any atom is 0.223 e. The van der Waals surface area contributed by atoms with Crippen LogP contribution in [-0.2, 0) is 4.79 Å². The van der Waals surface area contributed by atoms with Crippen LogP contribution in [-0.4, -0.2) is 62.0 Å². The van der Waals surface area contributed by atoms with Crippen molar-refractivity contribution in [3.63, 3.8) is 0 Å². The predicted molar refractivity (Wildman–Crippen MR) is 78.1 cm³/mol. The molecule has 0 aromatic rings. The molecule has 2 aliphatic heterocycles. The number of nitrogens with zero attached hydrogens (tertiary/aromatic N) is 2. The lowest BCUT2D eigenvalue weighted by Crippen LogP contribution is -2.39. The molecule has 1 amide bonds. The van der Waals surface area contributed by atoms with Gasteiger partial charge in [-0.05, 0) is 51.7 Å². The van der Waals surface area contributed by atoms with Crippen molar-refractivity contribution in [3.05, 3.63) is 0 Å². The minimum absolute atomic E-state index is 0.311. The van der Waals surface area contributed by atoms with Crippen LogP contribution in [0.1, 0.15) is 38.5 Å². The highest BCUT2D eigenvalue weighted by Crippen LogP contribution is 2.18. The van der Waals surface area contributed by atoms with Crippen LogP contribution in [0.4, 0.5) is 0 Å². The van der Waals surface area contributed by atoms with E-state index in [1.165, 1.54) is 32.4 Å². The average Bonchev–Trinajstić information content (AvgIpc) is 2.83. The Morgan fingerprint density at radius 2 is 2.21 bits per heavy atom. The molecule has 4 nitrogen and oxygen atoms in total. The second kappa shape index (κ2) is 7.25. The first-order valence-electron chi connectivity index (χ1n) is 7.81. The van der Waals surface area contributed by atoms with Crippen molar-refractivity contribution in [2.75, 3.05) is 40.3 Å². The highest BCUT2D eigenvalue weighted by molar-refractivity contribution is 5.76. The van der Waals surface area contributed by atoms with Crippen LogP contribution in [0.2, 0.25) is 0 Å². The maximum atomic E-state index is 12.2. The molecule has 0 aromatic carbocycles. The van der Waals surface area contributed by atoms with E-state index in [-0.39, 0.29) is 0 Å². The minimum atomic E-state index is 0.311. The van der Waals surface area contributed by atoms with Gasteiger partial charge in [-0.25, -0.2) is 0 Å². The van der Waals surface area contributed by atoms with Crippen LogP contribution in [0.15, 0.2) is 0 Å². The molecule has 2 rings (SSSR count). The highest BCUT2D eigenvalue weighted by atomic mass is 16.2. The Balaban J connectivity index is 1.64. The van der Waals surface area contributed by atoms with Crippen molar-refractivity contribution >= 4 is 5.91 Å². The second-order valence-corrected chi connectivity index (χ2v) is 6.37. The summed E-state index contributed by atoms with van der Waals surface area (Å²) in [6.45, 7) is 4.42. The van der Waals surface area contributed by atoms with E-state index in [1.807, 2.05) is 11.9 Å². The number of amides is 1. The van der Waals surface area contributed by atoms with E-state index in [0.29, 0.717) is 18.4 Å². The van der Waals surface area contributed by atoms with E-state index in [4.69, 9.17) is 0 Å². The third kappa shape index (κ3) is 4.77. The Morgan fingerprint density at radius 1 is 1.37 bits per heavy atom. The summed E-state index contributed by atoms with van der Waals surface area (Å²) in [7, 11) is 4.15. The van der Waals surface area contributed by atoms with Gasteiger partial charge in [-0.15, -0.1) is 0 Å². The normalized spacial score (nSPS) is 28.5. The van der Waals surface area contributed by atoms with Gasteiger partial charge in [-0.1, -0.05) is 6.42 Å². The molecule has 2 saturated heterocycles. The third-order valence-corrected chi connectivity index (χ3v) is 4.62. The number of likely N-dealkylation sites (tertiary alicyclic amines) is 1. The molecule has 2 fully saturated rings. The first-order chi connectivity index (χ1) is 9.15. The average molecular weight is 267 g/mol. The lowest BCUT2D eigenvalue weighted by molar-refractivity contribution is -0.130. The first kappa shape index (κ1) is 14.8. The molecule has 4 heteroatoms. The molecular weight excluding hydrogens is 238 g/mol. The number of hydrogen-bond donors (Lipinski definition) is 1. The van der Waals surface area contributed by atoms with Gasteiger partial charge in [-0.2, -0.15) is 0 Å². The molecule has 110 valence electrons. The fraction of sp³-hybridized carbons (Fsp3) is 0.933. The van der Waals surface area contributed by atoms with Crippen LogP contribution < -0.4 is 5.32 Å². The summed E-state index contributed by atoms with van der Waals surface area (Å²) >= 11 is 0. The summed E-state index contributed by atoms with van der Waals surface area (Å²) in [5.74, 6) is 1.10. The largest absolute Gasteiger partial charge is 0.346 e. The molecule has 0 aliphatic carbocycles. The van der Waals surface area contributed by atoms with Crippen LogP contribution in [0, 0.1) is 5.92 Å². The number of nitrogens with one attached hydrogen (secondary N) is 1. The SMILES string of the molecule is CN1CCC(CCN(C)C(=O)CC2CCCCN2)C1. The van der Waals surface area contributed by atoms with Crippen molar-refractivity contribution in [2.45, 2.75) is 44.6 Å². The molecule has 0 bridgehead atoms. The van der Waals surface area contributed by atoms with E-state index in [1.54, 1.807) is 0 Å². The molecule has 0 spiro atoms. The van der Waals surface area contributed by atoms with Gasteiger partial charge in [0.05, 0.1) is 0 Å². The molecule has 1 N–H and O–H groups in total. The van der Waals surface area contributed by atoms with Gasteiger partial charge in [0, 0.05) is 32.6 Å². The number of piperidine rings is 1. The van der Waals surface area contributed by atoms with Gasteiger partial charge in [0.15, 0.2) is 0 Å². The van der Waals surface area contributed by atoms with E-state index < -0.39 is 0 Å². The third-order valence-electron chi connectivity index (χ3n) is 4.62. The zero-order chi connectivity index (χ0) is 13.7. The predicted octanol–water partition coefficient (Wildman–Crippen LogP) is 1.32. The van der Waals surface area contributed by atoms with Gasteiger partial charge in [0.1, 0.15) is 0 Å². The van der Waals surface area contributed by atoms with Gasteiger partial charge in [0.2, 0.25) is 5.91 Å². The van der Waals surface area contributed by atoms with Gasteiger partial charge in [-0.3, -0.25) is 4.79 Å². The monoisotopic (exact) mass is 267 g/mol. The molecule has 0 saturated carbocycles. The molecule has 2 aliphatic rings. The summed E-state index contributed by atoms with van der Waals surface area (Å²) in [6.07, 6.45) is 6.82. The quantitative estimate of drug-likeness (QED) is 0.816. The Hall–Kier alpha value is -0.610. The van der Waals surface area contributed by atoms with Gasteiger partial charge < -0.3 is 15.1 Å². The van der Waals surface area contributed by atoms with Crippen molar-refractivity contribution in [1.82, 2.24) is 15.1 Å². The van der Waals surface area contributed by atoms with E-state index in [0.717, 1.165) is 31.8 Å². The Bertz CT molecular complexity index is 289. The van der Waals surface area contributed by atoms with Crippen molar-refractivity contribution in [1.29, 1.82) is 0 Å². The lowest BCUT2D eigenvalue weighted by Gasteiger charge is -2.26. The van der Waals surface area contributed by atoms with Crippen LogP contribution in [0.3, 0.4) is 0 Å². The Morgan fingerprint density at radius 3 is 2.84 bits per heavy atom. The second-order valence-electron chi connectivity index (χ2n) is 6.37. The summed E-state index contributed by atoms with van der Waals surface area (Å²) in [6, 6.07) is 0.418.